The SMILES string of the molecule is CN1CCO[Si](c2ccccc2)(c2ccccc2)c2ccccc21. The molecule has 1 heterocycles. The Morgan fingerprint density at radius 3 is 1.92 bits per heavy atom. The van der Waals surface area contributed by atoms with Crippen molar-refractivity contribution in [3.05, 3.63) is 84.9 Å². The normalized spacial score (nSPS) is 16.3. The Bertz CT molecular complexity index is 780. The van der Waals surface area contributed by atoms with Crippen molar-refractivity contribution in [3.63, 3.8) is 0 Å². The van der Waals surface area contributed by atoms with Gasteiger partial charge in [-0.15, -0.1) is 0 Å². The van der Waals surface area contributed by atoms with Gasteiger partial charge >= 0.3 is 0 Å². The van der Waals surface area contributed by atoms with Crippen molar-refractivity contribution >= 4 is 29.6 Å². The van der Waals surface area contributed by atoms with Gasteiger partial charge in [-0.1, -0.05) is 78.9 Å². The number of nitrogens with zero attached hydrogens (tertiary/aromatic N) is 1. The Balaban J connectivity index is 2.06. The third-order valence-electron chi connectivity index (χ3n) is 4.80. The third kappa shape index (κ3) is 2.37. The fourth-order valence-corrected chi connectivity index (χ4v) is 7.76. The lowest BCUT2D eigenvalue weighted by molar-refractivity contribution is 0.336. The summed E-state index contributed by atoms with van der Waals surface area (Å²) in [6.07, 6.45) is 0. The van der Waals surface area contributed by atoms with Gasteiger partial charge in [-0.2, -0.15) is 0 Å². The first-order valence-corrected chi connectivity index (χ1v) is 10.3. The van der Waals surface area contributed by atoms with E-state index in [2.05, 4.69) is 96.9 Å². The summed E-state index contributed by atoms with van der Waals surface area (Å²) in [5.41, 5.74) is 1.29. The highest BCUT2D eigenvalue weighted by atomic mass is 28.4. The summed E-state index contributed by atoms with van der Waals surface area (Å²) in [6.45, 7) is 1.65. The molecule has 1 aliphatic rings. The van der Waals surface area contributed by atoms with Crippen LogP contribution in [-0.2, 0) is 4.43 Å². The molecule has 3 aromatic rings. The molecule has 0 saturated heterocycles. The highest BCUT2D eigenvalue weighted by Gasteiger charge is 2.45. The molecule has 0 bridgehead atoms. The molecule has 0 unspecified atom stereocenters. The van der Waals surface area contributed by atoms with Crippen LogP contribution in [0.1, 0.15) is 0 Å². The average molecular weight is 331 g/mol. The van der Waals surface area contributed by atoms with Crippen LogP contribution in [0.3, 0.4) is 0 Å². The quantitative estimate of drug-likeness (QED) is 0.667. The van der Waals surface area contributed by atoms with Gasteiger partial charge in [0.15, 0.2) is 0 Å². The van der Waals surface area contributed by atoms with Crippen LogP contribution in [0, 0.1) is 0 Å². The summed E-state index contributed by atoms with van der Waals surface area (Å²) >= 11 is 0. The summed E-state index contributed by atoms with van der Waals surface area (Å²) in [4.78, 5) is 2.32. The predicted molar refractivity (Wildman–Crippen MR) is 103 cm³/mol. The minimum absolute atomic E-state index is 0.737. The number of likely N-dealkylation sites (N-methyl/N-ethyl adjacent to an activating group) is 1. The summed E-state index contributed by atoms with van der Waals surface area (Å²) < 4.78 is 6.76. The third-order valence-corrected chi connectivity index (χ3v) is 8.91. The monoisotopic (exact) mass is 331 g/mol. The van der Waals surface area contributed by atoms with E-state index >= 15 is 0 Å². The van der Waals surface area contributed by atoms with E-state index in [4.69, 9.17) is 4.43 Å². The van der Waals surface area contributed by atoms with E-state index in [1.54, 1.807) is 0 Å². The molecule has 120 valence electrons. The molecule has 24 heavy (non-hydrogen) atoms. The topological polar surface area (TPSA) is 12.5 Å². The summed E-state index contributed by atoms with van der Waals surface area (Å²) in [6, 6.07) is 30.2. The first-order chi connectivity index (χ1) is 11.8. The highest BCUT2D eigenvalue weighted by molar-refractivity contribution is 7.07. The molecule has 0 aliphatic carbocycles. The number of anilines is 1. The van der Waals surface area contributed by atoms with Crippen LogP contribution in [0.25, 0.3) is 0 Å². The van der Waals surface area contributed by atoms with Crippen LogP contribution >= 0.6 is 0 Å². The van der Waals surface area contributed by atoms with Gasteiger partial charge in [0.05, 0.1) is 6.61 Å². The van der Waals surface area contributed by atoms with Gasteiger partial charge in [-0.25, -0.2) is 0 Å². The first kappa shape index (κ1) is 15.2. The molecular weight excluding hydrogens is 310 g/mol. The van der Waals surface area contributed by atoms with Crippen molar-refractivity contribution in [2.24, 2.45) is 0 Å². The Morgan fingerprint density at radius 2 is 1.29 bits per heavy atom. The van der Waals surface area contributed by atoms with Crippen molar-refractivity contribution < 1.29 is 4.43 Å². The molecule has 0 amide bonds. The standard InChI is InChI=1S/C21H21NOSi/c1-22-16-17-23-24(18-10-4-2-5-11-18,19-12-6-3-7-13-19)21-15-9-8-14-20(21)22/h2-15H,16-17H2,1H3. The average Bonchev–Trinajstić information content (AvgIpc) is 2.81. The van der Waals surface area contributed by atoms with Crippen molar-refractivity contribution in [2.75, 3.05) is 25.1 Å². The largest absolute Gasteiger partial charge is 0.402 e. The van der Waals surface area contributed by atoms with Crippen LogP contribution in [0.2, 0.25) is 0 Å². The van der Waals surface area contributed by atoms with E-state index in [9.17, 15) is 0 Å². The second-order valence-corrected chi connectivity index (χ2v) is 9.54. The lowest BCUT2D eigenvalue weighted by atomic mass is 10.3. The minimum atomic E-state index is -2.49. The maximum atomic E-state index is 6.76. The number of hydrogen-bond acceptors (Lipinski definition) is 2. The molecule has 3 aromatic carbocycles. The Labute approximate surface area is 144 Å². The maximum Gasteiger partial charge on any atom is 0.290 e. The molecule has 0 aromatic heterocycles. The summed E-state index contributed by atoms with van der Waals surface area (Å²) in [7, 11) is -0.334. The van der Waals surface area contributed by atoms with Gasteiger partial charge < -0.3 is 9.33 Å². The Kier molecular flexibility index (Phi) is 3.96. The van der Waals surface area contributed by atoms with Crippen LogP contribution in [-0.4, -0.2) is 28.5 Å². The summed E-state index contributed by atoms with van der Waals surface area (Å²) in [5, 5.41) is 3.94. The predicted octanol–water partition coefficient (Wildman–Crippen LogP) is 2.12. The Hall–Kier alpha value is -2.36. The molecule has 2 nitrogen and oxygen atoms in total. The molecule has 0 fully saturated rings. The molecular formula is C21H21NOSi. The van der Waals surface area contributed by atoms with Gasteiger partial charge in [0.2, 0.25) is 0 Å². The first-order valence-electron chi connectivity index (χ1n) is 8.38. The van der Waals surface area contributed by atoms with E-state index in [0.29, 0.717) is 0 Å². The second-order valence-electron chi connectivity index (χ2n) is 6.20. The van der Waals surface area contributed by atoms with E-state index < -0.39 is 8.32 Å². The lowest BCUT2D eigenvalue weighted by Gasteiger charge is -2.32. The van der Waals surface area contributed by atoms with Crippen molar-refractivity contribution in [3.8, 4) is 0 Å². The maximum absolute atomic E-state index is 6.76. The number of hydrogen-bond donors (Lipinski definition) is 0. The van der Waals surface area contributed by atoms with E-state index in [-0.39, 0.29) is 0 Å². The molecule has 0 spiro atoms. The van der Waals surface area contributed by atoms with Crippen LogP contribution in [0.5, 0.6) is 0 Å². The zero-order valence-corrected chi connectivity index (χ0v) is 14.9. The molecule has 0 radical (unpaired) electrons. The number of fused-ring (bicyclic) bond motifs is 1. The van der Waals surface area contributed by atoms with Crippen LogP contribution in [0.15, 0.2) is 84.9 Å². The highest BCUT2D eigenvalue weighted by Crippen LogP contribution is 2.20. The molecule has 0 saturated carbocycles. The van der Waals surface area contributed by atoms with Gasteiger partial charge in [-0.05, 0) is 21.6 Å². The van der Waals surface area contributed by atoms with Gasteiger partial charge in [-0.3, -0.25) is 0 Å². The number of rotatable bonds is 2. The zero-order valence-electron chi connectivity index (χ0n) is 13.9. The fraction of sp³-hybridized carbons (Fsp3) is 0.143. The van der Waals surface area contributed by atoms with Gasteiger partial charge in [0.25, 0.3) is 8.32 Å². The second kappa shape index (κ2) is 6.27. The van der Waals surface area contributed by atoms with Crippen molar-refractivity contribution in [2.45, 2.75) is 0 Å². The van der Waals surface area contributed by atoms with Crippen molar-refractivity contribution in [1.29, 1.82) is 0 Å². The number of benzene rings is 3. The fourth-order valence-electron chi connectivity index (χ4n) is 3.63. The van der Waals surface area contributed by atoms with Crippen LogP contribution < -0.4 is 20.5 Å². The molecule has 3 heteroatoms. The van der Waals surface area contributed by atoms with Crippen molar-refractivity contribution in [1.82, 2.24) is 0 Å². The molecule has 4 rings (SSSR count). The van der Waals surface area contributed by atoms with Crippen LogP contribution in [0.4, 0.5) is 5.69 Å². The van der Waals surface area contributed by atoms with Gasteiger partial charge in [0, 0.05) is 19.3 Å². The zero-order chi connectivity index (χ0) is 16.4. The van der Waals surface area contributed by atoms with E-state index in [1.807, 2.05) is 0 Å². The van der Waals surface area contributed by atoms with E-state index in [0.717, 1.165) is 13.2 Å². The molecule has 0 N–H and O–H groups in total. The minimum Gasteiger partial charge on any atom is -0.402 e. The van der Waals surface area contributed by atoms with E-state index in [1.165, 1.54) is 21.2 Å². The lowest BCUT2D eigenvalue weighted by Crippen LogP contribution is -2.69. The molecule has 0 atom stereocenters. The molecule has 1 aliphatic heterocycles. The smallest absolute Gasteiger partial charge is 0.290 e. The number of para-hydroxylation sites is 1. The van der Waals surface area contributed by atoms with Gasteiger partial charge in [0.1, 0.15) is 0 Å². The Morgan fingerprint density at radius 1 is 0.750 bits per heavy atom. The summed E-state index contributed by atoms with van der Waals surface area (Å²) in [5.74, 6) is 0.